The Morgan fingerprint density at radius 3 is 1.84 bits per heavy atom. The molecule has 4 heterocycles. The minimum atomic E-state index is -0.642. The van der Waals surface area contributed by atoms with Crippen molar-refractivity contribution in [3.63, 3.8) is 0 Å². The van der Waals surface area contributed by atoms with Crippen molar-refractivity contribution in [2.45, 2.75) is 75.7 Å². The molecule has 55 heavy (non-hydrogen) atoms. The molecule has 1 atom stereocenters. The van der Waals surface area contributed by atoms with E-state index in [2.05, 4.69) is 42.1 Å². The Balaban J connectivity index is 0.000000226. The standard InChI is InChI=1S/C25H33Cl2N7O2.C14H15Cl2N3/c26-18-8-4-7-17(22(18)27)20-13-19(32-33-20)15-9-11-34(12-10-15)21(35)14-30-24(36)23(31-25(28)29)16-5-2-1-3-6-16;15-11-3-1-2-10(14(11)16)13-8-12(18-19-13)9-4-6-17-7-5-9/h4,7-8,13,15-16,23H,1-3,5-6,9-12,14H2,(H,30,36)(H,32,33)(H4,28,29,31);1-3,8-9,17H,4-7H2,(H,18,19)/t23-;/m1./s1. The third kappa shape index (κ3) is 10.5. The third-order valence-electron chi connectivity index (χ3n) is 10.8. The number of piperidine rings is 2. The van der Waals surface area contributed by atoms with Crippen molar-refractivity contribution in [2.75, 3.05) is 32.7 Å². The van der Waals surface area contributed by atoms with E-state index in [-0.39, 0.29) is 36.2 Å². The number of amides is 2. The zero-order valence-corrected chi connectivity index (χ0v) is 33.6. The van der Waals surface area contributed by atoms with Gasteiger partial charge in [-0.2, -0.15) is 10.2 Å². The molecule has 4 aromatic rings. The number of aromatic nitrogens is 4. The van der Waals surface area contributed by atoms with Crippen LogP contribution in [0.15, 0.2) is 53.5 Å². The number of hydrogen-bond acceptors (Lipinski definition) is 6. The van der Waals surface area contributed by atoms with Crippen LogP contribution in [0.2, 0.25) is 20.1 Å². The summed E-state index contributed by atoms with van der Waals surface area (Å²) in [4.78, 5) is 31.6. The maximum absolute atomic E-state index is 12.8. The lowest BCUT2D eigenvalue weighted by atomic mass is 9.83. The van der Waals surface area contributed by atoms with E-state index in [0.29, 0.717) is 39.1 Å². The van der Waals surface area contributed by atoms with Gasteiger partial charge in [-0.3, -0.25) is 19.8 Å². The topological polar surface area (TPSA) is 183 Å². The Bertz CT molecular complexity index is 1940. The second kappa shape index (κ2) is 19.4. The van der Waals surface area contributed by atoms with Gasteiger partial charge in [-0.25, -0.2) is 4.99 Å². The van der Waals surface area contributed by atoms with Crippen LogP contribution in [-0.4, -0.2) is 81.8 Å². The molecule has 1 aliphatic carbocycles. The maximum Gasteiger partial charge on any atom is 0.245 e. The molecule has 12 nitrogen and oxygen atoms in total. The molecule has 1 saturated carbocycles. The van der Waals surface area contributed by atoms with Crippen molar-refractivity contribution in [2.24, 2.45) is 22.4 Å². The first-order valence-corrected chi connectivity index (χ1v) is 20.4. The number of nitrogens with two attached hydrogens (primary N) is 2. The van der Waals surface area contributed by atoms with Gasteiger partial charge in [0, 0.05) is 47.4 Å². The summed E-state index contributed by atoms with van der Waals surface area (Å²) in [7, 11) is 0. The van der Waals surface area contributed by atoms with E-state index in [1.54, 1.807) is 17.0 Å². The fourth-order valence-corrected chi connectivity index (χ4v) is 8.51. The lowest BCUT2D eigenvalue weighted by molar-refractivity contribution is -0.134. The average Bonchev–Trinajstić information content (AvgIpc) is 3.90. The SMILES string of the molecule is Clc1cccc(-c2cc(C3CCNCC3)[nH]n2)c1Cl.NC(N)=N[C@@H](C(=O)NCC(=O)N1CCC(c2cc(-c3cccc(Cl)c3Cl)n[nH]2)CC1)C1CCCCC1. The van der Waals surface area contributed by atoms with Gasteiger partial charge in [-0.1, -0.05) is 89.9 Å². The van der Waals surface area contributed by atoms with Crippen LogP contribution in [0.3, 0.4) is 0 Å². The number of H-pyrrole nitrogens is 2. The molecule has 294 valence electrons. The Morgan fingerprint density at radius 1 is 0.782 bits per heavy atom. The summed E-state index contributed by atoms with van der Waals surface area (Å²) in [6, 6.07) is 14.5. The van der Waals surface area contributed by atoms with Crippen molar-refractivity contribution in [3.05, 3.63) is 80.0 Å². The molecule has 3 fully saturated rings. The first-order chi connectivity index (χ1) is 26.6. The Kier molecular flexibility index (Phi) is 14.4. The summed E-state index contributed by atoms with van der Waals surface area (Å²) < 4.78 is 0. The summed E-state index contributed by atoms with van der Waals surface area (Å²) >= 11 is 24.7. The molecule has 8 N–H and O–H groups in total. The summed E-state index contributed by atoms with van der Waals surface area (Å²) in [6.07, 6.45) is 8.99. The predicted octanol–water partition coefficient (Wildman–Crippen LogP) is 7.28. The highest BCUT2D eigenvalue weighted by molar-refractivity contribution is 6.44. The van der Waals surface area contributed by atoms with Gasteiger partial charge in [0.2, 0.25) is 11.8 Å². The number of nitrogens with zero attached hydrogens (tertiary/aromatic N) is 4. The zero-order chi connectivity index (χ0) is 38.9. The van der Waals surface area contributed by atoms with Gasteiger partial charge >= 0.3 is 0 Å². The molecule has 2 aromatic carbocycles. The number of carbonyl (C=O) groups is 2. The number of carbonyl (C=O) groups excluding carboxylic acids is 2. The monoisotopic (exact) mass is 828 g/mol. The number of aromatic amines is 2. The number of benzene rings is 2. The number of halogens is 4. The average molecular weight is 831 g/mol. The van der Waals surface area contributed by atoms with E-state index >= 15 is 0 Å². The third-order valence-corrected chi connectivity index (χ3v) is 12.4. The molecule has 16 heteroatoms. The molecule has 0 spiro atoms. The van der Waals surface area contributed by atoms with Gasteiger partial charge < -0.3 is 27.0 Å². The molecule has 3 aliphatic rings. The van der Waals surface area contributed by atoms with E-state index in [4.69, 9.17) is 57.9 Å². The van der Waals surface area contributed by atoms with Gasteiger partial charge in [0.05, 0.1) is 38.0 Å². The highest BCUT2D eigenvalue weighted by Gasteiger charge is 2.31. The van der Waals surface area contributed by atoms with Gasteiger partial charge in [-0.05, 0) is 81.8 Å². The molecule has 2 aliphatic heterocycles. The highest BCUT2D eigenvalue weighted by atomic mass is 35.5. The molecular weight excluding hydrogens is 782 g/mol. The molecule has 0 unspecified atom stereocenters. The zero-order valence-electron chi connectivity index (χ0n) is 30.6. The van der Waals surface area contributed by atoms with Crippen LogP contribution in [-0.2, 0) is 9.59 Å². The first kappa shape index (κ1) is 40.8. The van der Waals surface area contributed by atoms with Crippen LogP contribution >= 0.6 is 46.4 Å². The maximum atomic E-state index is 12.8. The first-order valence-electron chi connectivity index (χ1n) is 18.9. The molecule has 0 radical (unpaired) electrons. The fraction of sp³-hybridized carbons (Fsp3) is 0.462. The van der Waals surface area contributed by atoms with E-state index in [1.807, 2.05) is 30.3 Å². The van der Waals surface area contributed by atoms with E-state index < -0.39 is 6.04 Å². The Hall–Kier alpha value is -3.81. The van der Waals surface area contributed by atoms with E-state index in [9.17, 15) is 9.59 Å². The van der Waals surface area contributed by atoms with Crippen LogP contribution in [0.5, 0.6) is 0 Å². The molecular formula is C39H48Cl4N10O2. The summed E-state index contributed by atoms with van der Waals surface area (Å²) in [6.45, 7) is 3.28. The van der Waals surface area contributed by atoms with Crippen LogP contribution in [0.25, 0.3) is 22.5 Å². The summed E-state index contributed by atoms with van der Waals surface area (Å²) in [5.74, 6) is 0.412. The number of nitrogens with one attached hydrogen (secondary N) is 4. The van der Waals surface area contributed by atoms with Crippen molar-refractivity contribution in [3.8, 4) is 22.5 Å². The Labute approximate surface area is 341 Å². The van der Waals surface area contributed by atoms with E-state index in [0.717, 1.165) is 99.1 Å². The Morgan fingerprint density at radius 2 is 1.31 bits per heavy atom. The molecule has 2 amide bonds. The summed E-state index contributed by atoms with van der Waals surface area (Å²) in [5, 5.41) is 23.3. The second-order valence-corrected chi connectivity index (χ2v) is 16.0. The number of likely N-dealkylation sites (tertiary alicyclic amines) is 1. The van der Waals surface area contributed by atoms with Crippen molar-refractivity contribution in [1.82, 2.24) is 35.9 Å². The van der Waals surface area contributed by atoms with E-state index in [1.165, 1.54) is 5.69 Å². The normalized spacial score (nSPS) is 17.6. The lowest BCUT2D eigenvalue weighted by Gasteiger charge is -2.32. The largest absolute Gasteiger partial charge is 0.370 e. The second-order valence-electron chi connectivity index (χ2n) is 14.4. The number of guanidine groups is 1. The van der Waals surface area contributed by atoms with Crippen molar-refractivity contribution < 1.29 is 9.59 Å². The number of rotatable bonds is 9. The summed E-state index contributed by atoms with van der Waals surface area (Å²) in [5.41, 5.74) is 16.6. The van der Waals surface area contributed by atoms with Gasteiger partial charge in [0.25, 0.3) is 0 Å². The lowest BCUT2D eigenvalue weighted by Crippen LogP contribution is -2.47. The minimum Gasteiger partial charge on any atom is -0.370 e. The quantitative estimate of drug-likeness (QED) is 0.0757. The smallest absolute Gasteiger partial charge is 0.245 e. The predicted molar refractivity (Wildman–Crippen MR) is 221 cm³/mol. The fourth-order valence-electron chi connectivity index (χ4n) is 7.71. The van der Waals surface area contributed by atoms with Gasteiger partial charge in [0.1, 0.15) is 6.04 Å². The van der Waals surface area contributed by atoms with Gasteiger partial charge in [-0.15, -0.1) is 0 Å². The van der Waals surface area contributed by atoms with Crippen molar-refractivity contribution in [1.29, 1.82) is 0 Å². The molecule has 0 bridgehead atoms. The van der Waals surface area contributed by atoms with Crippen LogP contribution in [0.1, 0.15) is 81.0 Å². The highest BCUT2D eigenvalue weighted by Crippen LogP contribution is 2.36. The molecule has 2 saturated heterocycles. The molecule has 2 aromatic heterocycles. The van der Waals surface area contributed by atoms with Crippen molar-refractivity contribution >= 4 is 64.2 Å². The van der Waals surface area contributed by atoms with Crippen LogP contribution in [0.4, 0.5) is 0 Å². The van der Waals surface area contributed by atoms with Crippen LogP contribution in [0, 0.1) is 5.92 Å². The number of aliphatic imine (C=N–C) groups is 1. The number of hydrogen-bond donors (Lipinski definition) is 6. The van der Waals surface area contributed by atoms with Crippen LogP contribution < -0.4 is 22.1 Å². The van der Waals surface area contributed by atoms with Gasteiger partial charge in [0.15, 0.2) is 5.96 Å². The minimum absolute atomic E-state index is 0.0613. The molecule has 7 rings (SSSR count).